The first kappa shape index (κ1) is 22.6. The molecule has 1 saturated heterocycles. The maximum absolute atomic E-state index is 14.5. The molecule has 10 heteroatoms. The van der Waals surface area contributed by atoms with Gasteiger partial charge in [0, 0.05) is 12.1 Å². The number of aromatic nitrogens is 1. The number of hydrogen-bond acceptors (Lipinski definition) is 5. The summed E-state index contributed by atoms with van der Waals surface area (Å²) in [6.45, 7) is 0.905. The highest BCUT2D eigenvalue weighted by molar-refractivity contribution is 5.82. The zero-order chi connectivity index (χ0) is 21.9. The summed E-state index contributed by atoms with van der Waals surface area (Å²) in [6, 6.07) is 0.976. The number of likely N-dealkylation sites (tertiary alicyclic amines) is 1. The number of nitrogens with zero attached hydrogens (tertiary/aromatic N) is 2. The fourth-order valence-electron chi connectivity index (χ4n) is 4.09. The zero-order valence-corrected chi connectivity index (χ0v) is 17.1. The van der Waals surface area contributed by atoms with E-state index < -0.39 is 24.0 Å². The maximum Gasteiger partial charge on any atom is 0.391 e. The second-order valence-corrected chi connectivity index (χ2v) is 7.93. The van der Waals surface area contributed by atoms with Crippen molar-refractivity contribution in [3.63, 3.8) is 0 Å². The molecule has 0 aromatic carbocycles. The van der Waals surface area contributed by atoms with Gasteiger partial charge in [-0.15, -0.1) is 0 Å². The molecular weight excluding hydrogens is 406 g/mol. The number of nitrogens with one attached hydrogen (secondary N) is 1. The van der Waals surface area contributed by atoms with Crippen molar-refractivity contribution in [2.24, 2.45) is 5.92 Å². The number of methoxy groups -OCH3 is 1. The van der Waals surface area contributed by atoms with Crippen molar-refractivity contribution in [1.29, 1.82) is 0 Å². The summed E-state index contributed by atoms with van der Waals surface area (Å²) in [6.07, 6.45) is -2.75. The van der Waals surface area contributed by atoms with Crippen LogP contribution < -0.4 is 14.8 Å². The third-order valence-electron chi connectivity index (χ3n) is 5.87. The quantitative estimate of drug-likeness (QED) is 0.697. The Morgan fingerprint density at radius 3 is 2.50 bits per heavy atom. The lowest BCUT2D eigenvalue weighted by Crippen LogP contribution is -2.41. The molecule has 2 fully saturated rings. The average molecular weight is 433 g/mol. The van der Waals surface area contributed by atoms with E-state index in [-0.39, 0.29) is 55.9 Å². The van der Waals surface area contributed by atoms with Crippen LogP contribution in [0.15, 0.2) is 6.07 Å². The molecule has 1 aromatic rings. The summed E-state index contributed by atoms with van der Waals surface area (Å²) in [5.74, 6) is -2.41. The molecule has 1 N–H and O–H groups in total. The third-order valence-corrected chi connectivity index (χ3v) is 5.87. The molecule has 1 unspecified atom stereocenters. The van der Waals surface area contributed by atoms with Crippen LogP contribution in [0.4, 0.5) is 17.6 Å². The van der Waals surface area contributed by atoms with E-state index in [0.29, 0.717) is 5.56 Å². The SMILES string of the molecule is COc1nc(OC2CCC(C(F)(F)F)CC2)c(F)cc1CNC(=O)C1CCCN1C. The van der Waals surface area contributed by atoms with E-state index in [1.165, 1.54) is 13.2 Å². The van der Waals surface area contributed by atoms with Crippen LogP contribution in [0.5, 0.6) is 11.8 Å². The third kappa shape index (κ3) is 5.33. The van der Waals surface area contributed by atoms with E-state index in [1.807, 2.05) is 11.9 Å². The first-order valence-corrected chi connectivity index (χ1v) is 10.1. The lowest BCUT2D eigenvalue weighted by atomic mass is 9.87. The molecule has 2 heterocycles. The molecule has 1 atom stereocenters. The Bertz CT molecular complexity index is 752. The number of alkyl halides is 3. The number of ether oxygens (including phenoxy) is 2. The lowest BCUT2D eigenvalue weighted by molar-refractivity contribution is -0.185. The molecule has 1 saturated carbocycles. The normalized spacial score (nSPS) is 25.2. The Balaban J connectivity index is 1.61. The van der Waals surface area contributed by atoms with Gasteiger partial charge in [-0.2, -0.15) is 18.2 Å². The van der Waals surface area contributed by atoms with Gasteiger partial charge in [-0.3, -0.25) is 9.69 Å². The summed E-state index contributed by atoms with van der Waals surface area (Å²) in [5.41, 5.74) is 0.358. The van der Waals surface area contributed by atoms with Crippen molar-refractivity contribution < 1.29 is 31.8 Å². The number of amides is 1. The minimum atomic E-state index is -4.21. The molecule has 1 aromatic heterocycles. The van der Waals surface area contributed by atoms with Gasteiger partial charge in [-0.25, -0.2) is 4.39 Å². The molecule has 1 aliphatic heterocycles. The fraction of sp³-hybridized carbons (Fsp3) is 0.700. The lowest BCUT2D eigenvalue weighted by Gasteiger charge is -2.30. The van der Waals surface area contributed by atoms with Crippen molar-refractivity contribution in [1.82, 2.24) is 15.2 Å². The van der Waals surface area contributed by atoms with Gasteiger partial charge in [-0.05, 0) is 58.2 Å². The summed E-state index contributed by atoms with van der Waals surface area (Å²) in [4.78, 5) is 18.3. The molecule has 0 bridgehead atoms. The molecule has 2 aliphatic rings. The second kappa shape index (κ2) is 9.36. The van der Waals surface area contributed by atoms with Crippen LogP contribution >= 0.6 is 0 Å². The fourth-order valence-corrected chi connectivity index (χ4v) is 4.09. The number of halogens is 4. The highest BCUT2D eigenvalue weighted by atomic mass is 19.4. The number of hydrogen-bond donors (Lipinski definition) is 1. The Kier molecular flexibility index (Phi) is 7.05. The zero-order valence-electron chi connectivity index (χ0n) is 17.1. The van der Waals surface area contributed by atoms with E-state index in [9.17, 15) is 22.4 Å². The van der Waals surface area contributed by atoms with E-state index >= 15 is 0 Å². The molecule has 1 amide bonds. The Labute approximate surface area is 172 Å². The first-order chi connectivity index (χ1) is 14.2. The summed E-state index contributed by atoms with van der Waals surface area (Å²) < 4.78 is 63.6. The van der Waals surface area contributed by atoms with Crippen molar-refractivity contribution in [2.75, 3.05) is 20.7 Å². The van der Waals surface area contributed by atoms with Crippen molar-refractivity contribution in [3.05, 3.63) is 17.4 Å². The van der Waals surface area contributed by atoms with Crippen LogP contribution in [0.3, 0.4) is 0 Å². The van der Waals surface area contributed by atoms with Gasteiger partial charge in [-0.1, -0.05) is 0 Å². The van der Waals surface area contributed by atoms with E-state index in [2.05, 4.69) is 10.3 Å². The number of likely N-dealkylation sites (N-methyl/N-ethyl adjacent to an activating group) is 1. The molecule has 3 rings (SSSR count). The Morgan fingerprint density at radius 1 is 1.23 bits per heavy atom. The van der Waals surface area contributed by atoms with Crippen molar-refractivity contribution in [3.8, 4) is 11.8 Å². The van der Waals surface area contributed by atoms with Gasteiger partial charge in [0.1, 0.15) is 6.10 Å². The van der Waals surface area contributed by atoms with Crippen LogP contribution in [-0.4, -0.2) is 54.8 Å². The van der Waals surface area contributed by atoms with Crippen molar-refractivity contribution in [2.45, 2.75) is 63.4 Å². The molecule has 168 valence electrons. The van der Waals surface area contributed by atoms with E-state index in [1.54, 1.807) is 0 Å². The smallest absolute Gasteiger partial charge is 0.391 e. The first-order valence-electron chi connectivity index (χ1n) is 10.1. The monoisotopic (exact) mass is 433 g/mol. The van der Waals surface area contributed by atoms with Crippen LogP contribution in [0.25, 0.3) is 0 Å². The minimum absolute atomic E-state index is 0.0488. The minimum Gasteiger partial charge on any atom is -0.481 e. The van der Waals surface area contributed by atoms with Gasteiger partial charge in [0.25, 0.3) is 5.88 Å². The average Bonchev–Trinajstić information content (AvgIpc) is 3.13. The van der Waals surface area contributed by atoms with Gasteiger partial charge in [0.2, 0.25) is 11.8 Å². The van der Waals surface area contributed by atoms with Crippen LogP contribution in [0.1, 0.15) is 44.1 Å². The number of carbonyl (C=O) groups is 1. The molecular formula is C20H27F4N3O3. The van der Waals surface area contributed by atoms with Gasteiger partial charge in [0.05, 0.1) is 19.1 Å². The maximum atomic E-state index is 14.5. The number of rotatable bonds is 6. The molecule has 1 aliphatic carbocycles. The van der Waals surface area contributed by atoms with E-state index in [0.717, 1.165) is 19.4 Å². The van der Waals surface area contributed by atoms with Crippen LogP contribution in [-0.2, 0) is 11.3 Å². The second-order valence-electron chi connectivity index (χ2n) is 7.93. The molecule has 0 radical (unpaired) electrons. The van der Waals surface area contributed by atoms with Gasteiger partial charge >= 0.3 is 6.18 Å². The summed E-state index contributed by atoms with van der Waals surface area (Å²) >= 11 is 0. The van der Waals surface area contributed by atoms with Gasteiger partial charge in [0.15, 0.2) is 5.82 Å². The van der Waals surface area contributed by atoms with Crippen LogP contribution in [0, 0.1) is 11.7 Å². The Hall–Kier alpha value is -2.10. The predicted octanol–water partition coefficient (Wildman–Crippen LogP) is 3.44. The van der Waals surface area contributed by atoms with E-state index in [4.69, 9.17) is 9.47 Å². The van der Waals surface area contributed by atoms with Crippen molar-refractivity contribution >= 4 is 5.91 Å². The summed E-state index contributed by atoms with van der Waals surface area (Å²) in [5, 5.41) is 2.78. The highest BCUT2D eigenvalue weighted by Crippen LogP contribution is 2.38. The Morgan fingerprint density at radius 2 is 1.93 bits per heavy atom. The highest BCUT2D eigenvalue weighted by Gasteiger charge is 2.42. The van der Waals surface area contributed by atoms with Gasteiger partial charge < -0.3 is 14.8 Å². The predicted molar refractivity (Wildman–Crippen MR) is 101 cm³/mol. The molecule has 30 heavy (non-hydrogen) atoms. The largest absolute Gasteiger partial charge is 0.481 e. The van der Waals surface area contributed by atoms with Crippen LogP contribution in [0.2, 0.25) is 0 Å². The molecule has 0 spiro atoms. The topological polar surface area (TPSA) is 63.7 Å². The number of pyridine rings is 1. The standard InChI is InChI=1S/C20H27F4N3O3/c1-27-9-3-4-16(27)17(28)25-11-12-10-15(21)19(26-18(12)29-2)30-14-7-5-13(6-8-14)20(22,23)24/h10,13-14,16H,3-9,11H2,1-2H3,(H,25,28). The number of carbonyl (C=O) groups excluding carboxylic acids is 1. The molecule has 6 nitrogen and oxygen atoms in total. The summed E-state index contributed by atoms with van der Waals surface area (Å²) in [7, 11) is 3.25.